The molecular formula is C21H25N5O3. The molecular weight excluding hydrogens is 370 g/mol. The predicted molar refractivity (Wildman–Crippen MR) is 109 cm³/mol. The molecule has 3 amide bonds. The molecule has 1 N–H and O–H groups in total. The molecule has 1 saturated heterocycles. The third kappa shape index (κ3) is 3.87. The lowest BCUT2D eigenvalue weighted by atomic mass is 9.81. The van der Waals surface area contributed by atoms with Crippen molar-refractivity contribution in [2.45, 2.75) is 37.6 Å². The average Bonchev–Trinajstić information content (AvgIpc) is 3.01. The molecule has 0 aromatic carbocycles. The highest BCUT2D eigenvalue weighted by atomic mass is 16.5. The highest BCUT2D eigenvalue weighted by Crippen LogP contribution is 2.41. The van der Waals surface area contributed by atoms with Gasteiger partial charge in [-0.3, -0.25) is 14.7 Å². The Bertz CT molecular complexity index is 866. The molecule has 8 nitrogen and oxygen atoms in total. The van der Waals surface area contributed by atoms with Gasteiger partial charge in [0.15, 0.2) is 0 Å². The van der Waals surface area contributed by atoms with E-state index in [4.69, 9.17) is 4.74 Å². The van der Waals surface area contributed by atoms with E-state index in [9.17, 15) is 9.59 Å². The van der Waals surface area contributed by atoms with E-state index in [-0.39, 0.29) is 24.0 Å². The molecule has 3 heterocycles. The number of carbonyl (C=O) groups excluding carboxylic acids is 2. The molecule has 0 unspecified atom stereocenters. The highest BCUT2D eigenvalue weighted by molar-refractivity contribution is 6.00. The van der Waals surface area contributed by atoms with Crippen molar-refractivity contribution < 1.29 is 14.3 Å². The zero-order valence-electron chi connectivity index (χ0n) is 16.5. The summed E-state index contributed by atoms with van der Waals surface area (Å²) in [5, 5.41) is 2.84. The quantitative estimate of drug-likeness (QED) is 0.841. The van der Waals surface area contributed by atoms with Gasteiger partial charge in [-0.2, -0.15) is 0 Å². The predicted octanol–water partition coefficient (Wildman–Crippen LogP) is 3.07. The number of ether oxygens (including phenoxy) is 1. The second-order valence-electron chi connectivity index (χ2n) is 7.59. The fraction of sp³-hybridized carbons (Fsp3) is 0.429. The number of nitrogens with one attached hydrogen (secondary N) is 1. The SMILES string of the molecule is COc1ccc(N2CC3(CCCCC3)N(CC(=O)Nc3cccnc3)C2=O)cn1. The van der Waals surface area contributed by atoms with Crippen LogP contribution in [0, 0.1) is 0 Å². The van der Waals surface area contributed by atoms with Crippen LogP contribution in [0.4, 0.5) is 16.2 Å². The molecule has 0 bridgehead atoms. The number of urea groups is 1. The minimum absolute atomic E-state index is 0.0216. The third-order valence-electron chi connectivity index (χ3n) is 5.76. The molecule has 1 saturated carbocycles. The van der Waals surface area contributed by atoms with Crippen LogP contribution in [0.5, 0.6) is 5.88 Å². The monoisotopic (exact) mass is 395 g/mol. The zero-order valence-corrected chi connectivity index (χ0v) is 16.5. The molecule has 2 aromatic rings. The second-order valence-corrected chi connectivity index (χ2v) is 7.59. The lowest BCUT2D eigenvalue weighted by Gasteiger charge is -2.39. The maximum Gasteiger partial charge on any atom is 0.325 e. The van der Waals surface area contributed by atoms with Crippen LogP contribution < -0.4 is 15.0 Å². The molecule has 2 fully saturated rings. The van der Waals surface area contributed by atoms with Gasteiger partial charge in [-0.05, 0) is 31.0 Å². The number of anilines is 2. The second kappa shape index (κ2) is 8.06. The van der Waals surface area contributed by atoms with Crippen LogP contribution in [0.15, 0.2) is 42.9 Å². The Morgan fingerprint density at radius 3 is 2.69 bits per heavy atom. The van der Waals surface area contributed by atoms with Crippen molar-refractivity contribution >= 4 is 23.3 Å². The van der Waals surface area contributed by atoms with Gasteiger partial charge in [0.25, 0.3) is 0 Å². The van der Waals surface area contributed by atoms with Gasteiger partial charge in [-0.15, -0.1) is 0 Å². The lowest BCUT2D eigenvalue weighted by molar-refractivity contribution is -0.117. The standard InChI is InChI=1S/C21H25N5O3/c1-29-19-8-7-17(13-23-19)25-15-21(9-3-2-4-10-21)26(20(25)28)14-18(27)24-16-6-5-11-22-12-16/h5-8,11-13H,2-4,9-10,14-15H2,1H3,(H,24,27). The normalized spacial score (nSPS) is 18.2. The minimum Gasteiger partial charge on any atom is -0.481 e. The number of amides is 3. The molecule has 0 atom stereocenters. The number of hydrogen-bond acceptors (Lipinski definition) is 5. The number of pyridine rings is 2. The summed E-state index contributed by atoms with van der Waals surface area (Å²) >= 11 is 0. The molecule has 1 spiro atoms. The van der Waals surface area contributed by atoms with Crippen LogP contribution in [0.25, 0.3) is 0 Å². The Morgan fingerprint density at radius 2 is 2.03 bits per heavy atom. The molecule has 29 heavy (non-hydrogen) atoms. The first-order valence-corrected chi connectivity index (χ1v) is 9.90. The average molecular weight is 395 g/mol. The van der Waals surface area contributed by atoms with Crippen molar-refractivity contribution in [3.05, 3.63) is 42.9 Å². The minimum atomic E-state index is -0.318. The summed E-state index contributed by atoms with van der Waals surface area (Å²) in [5.74, 6) is 0.284. The Hall–Kier alpha value is -3.16. The summed E-state index contributed by atoms with van der Waals surface area (Å²) in [6.07, 6.45) is 9.97. The van der Waals surface area contributed by atoms with Gasteiger partial charge in [0.05, 0.1) is 43.0 Å². The van der Waals surface area contributed by atoms with E-state index in [1.165, 1.54) is 0 Å². The van der Waals surface area contributed by atoms with E-state index in [2.05, 4.69) is 15.3 Å². The van der Waals surface area contributed by atoms with E-state index in [1.54, 1.807) is 53.7 Å². The molecule has 1 aliphatic carbocycles. The summed E-state index contributed by atoms with van der Waals surface area (Å²) in [6.45, 7) is 0.591. The Labute approximate surface area is 169 Å². The molecule has 4 rings (SSSR count). The fourth-order valence-corrected chi connectivity index (χ4v) is 4.30. The van der Waals surface area contributed by atoms with E-state index in [1.807, 2.05) is 6.07 Å². The molecule has 8 heteroatoms. The van der Waals surface area contributed by atoms with E-state index < -0.39 is 0 Å². The molecule has 152 valence electrons. The highest BCUT2D eigenvalue weighted by Gasteiger charge is 2.50. The number of aromatic nitrogens is 2. The first kappa shape index (κ1) is 19.2. The van der Waals surface area contributed by atoms with Gasteiger partial charge in [0, 0.05) is 12.3 Å². The van der Waals surface area contributed by atoms with Crippen LogP contribution in [-0.2, 0) is 4.79 Å². The van der Waals surface area contributed by atoms with Crippen LogP contribution >= 0.6 is 0 Å². The number of hydrogen-bond donors (Lipinski definition) is 1. The van der Waals surface area contributed by atoms with Crippen LogP contribution in [0.3, 0.4) is 0 Å². The summed E-state index contributed by atoms with van der Waals surface area (Å²) < 4.78 is 5.12. The van der Waals surface area contributed by atoms with Crippen LogP contribution in [0.1, 0.15) is 32.1 Å². The number of carbonyl (C=O) groups is 2. The lowest BCUT2D eigenvalue weighted by Crippen LogP contribution is -2.51. The van der Waals surface area contributed by atoms with Crippen molar-refractivity contribution in [1.82, 2.24) is 14.9 Å². The van der Waals surface area contributed by atoms with Gasteiger partial charge in [0.1, 0.15) is 6.54 Å². The third-order valence-corrected chi connectivity index (χ3v) is 5.76. The Balaban J connectivity index is 1.55. The van der Waals surface area contributed by atoms with Crippen molar-refractivity contribution in [3.8, 4) is 5.88 Å². The molecule has 1 aliphatic heterocycles. The van der Waals surface area contributed by atoms with Crippen molar-refractivity contribution in [2.24, 2.45) is 0 Å². The largest absolute Gasteiger partial charge is 0.481 e. The van der Waals surface area contributed by atoms with Crippen molar-refractivity contribution in [3.63, 3.8) is 0 Å². The summed E-state index contributed by atoms with van der Waals surface area (Å²) in [4.78, 5) is 37.7. The van der Waals surface area contributed by atoms with Gasteiger partial charge in [-0.25, -0.2) is 9.78 Å². The van der Waals surface area contributed by atoms with E-state index >= 15 is 0 Å². The summed E-state index contributed by atoms with van der Waals surface area (Å²) in [5.41, 5.74) is 1.02. The first-order valence-electron chi connectivity index (χ1n) is 9.90. The zero-order chi connectivity index (χ0) is 20.3. The Morgan fingerprint density at radius 1 is 1.21 bits per heavy atom. The number of methoxy groups -OCH3 is 1. The summed E-state index contributed by atoms with van der Waals surface area (Å²) in [7, 11) is 1.56. The first-order chi connectivity index (χ1) is 14.1. The molecule has 2 aromatic heterocycles. The van der Waals surface area contributed by atoms with Crippen molar-refractivity contribution in [1.29, 1.82) is 0 Å². The van der Waals surface area contributed by atoms with Gasteiger partial charge in [0.2, 0.25) is 11.8 Å². The van der Waals surface area contributed by atoms with Crippen LogP contribution in [-0.4, -0.2) is 52.5 Å². The maximum atomic E-state index is 13.3. The fourth-order valence-electron chi connectivity index (χ4n) is 4.30. The van der Waals surface area contributed by atoms with Gasteiger partial charge in [-0.1, -0.05) is 19.3 Å². The smallest absolute Gasteiger partial charge is 0.325 e. The van der Waals surface area contributed by atoms with Crippen LogP contribution in [0.2, 0.25) is 0 Å². The topological polar surface area (TPSA) is 87.7 Å². The maximum absolute atomic E-state index is 13.3. The Kier molecular flexibility index (Phi) is 5.33. The molecule has 0 radical (unpaired) electrons. The summed E-state index contributed by atoms with van der Waals surface area (Å²) in [6, 6.07) is 6.97. The van der Waals surface area contributed by atoms with Gasteiger partial charge < -0.3 is 15.0 Å². The van der Waals surface area contributed by atoms with E-state index in [0.29, 0.717) is 18.1 Å². The van der Waals surface area contributed by atoms with E-state index in [0.717, 1.165) is 37.8 Å². The van der Waals surface area contributed by atoms with Gasteiger partial charge >= 0.3 is 6.03 Å². The molecule has 2 aliphatic rings. The number of nitrogens with zero attached hydrogens (tertiary/aromatic N) is 4. The number of rotatable bonds is 5. The van der Waals surface area contributed by atoms with Crippen molar-refractivity contribution in [2.75, 3.05) is 30.4 Å².